The average Bonchev–Trinajstić information content (AvgIpc) is 2.74. The van der Waals surface area contributed by atoms with Crippen molar-refractivity contribution in [3.05, 3.63) is 77.9 Å². The lowest BCUT2D eigenvalue weighted by molar-refractivity contribution is -0.185. The highest BCUT2D eigenvalue weighted by Gasteiger charge is 2.34. The molecule has 0 atom stereocenters. The number of alkyl halides is 2. The van der Waals surface area contributed by atoms with Crippen LogP contribution in [0.25, 0.3) is 0 Å². The molecule has 3 rings (SSSR count). The quantitative estimate of drug-likeness (QED) is 0.389. The molecule has 0 spiro atoms. The summed E-state index contributed by atoms with van der Waals surface area (Å²) in [6, 6.07) is 13.7. The van der Waals surface area contributed by atoms with Gasteiger partial charge in [-0.2, -0.15) is 8.78 Å². The second kappa shape index (κ2) is 10.0. The van der Waals surface area contributed by atoms with Gasteiger partial charge >= 0.3 is 6.11 Å². The Kier molecular flexibility index (Phi) is 7.46. The van der Waals surface area contributed by atoms with Crippen LogP contribution in [-0.2, 0) is 12.5 Å². The molecule has 0 radical (unpaired) electrons. The molecule has 0 aliphatic heterocycles. The Bertz CT molecular complexity index is 756. The van der Waals surface area contributed by atoms with E-state index in [2.05, 4.69) is 13.5 Å². The molecule has 0 bridgehead atoms. The molecular weight excluding hydrogens is 366 g/mol. The molecule has 1 saturated carbocycles. The molecule has 0 heterocycles. The topological polar surface area (TPSA) is 9.23 Å². The molecule has 0 saturated heterocycles. The average molecular weight is 399 g/mol. The number of hydrogen-bond acceptors (Lipinski definition) is 1. The van der Waals surface area contributed by atoms with Crippen molar-refractivity contribution in [2.45, 2.75) is 70.3 Å². The van der Waals surface area contributed by atoms with Gasteiger partial charge in [-0.05, 0) is 92.2 Å². The molecule has 0 unspecified atom stereocenters. The number of ether oxygens (including phenoxy) is 1. The molecule has 0 N–H and O–H groups in total. The molecule has 156 valence electrons. The number of benzene rings is 2. The van der Waals surface area contributed by atoms with Gasteiger partial charge in [0.15, 0.2) is 0 Å². The number of halogens is 2. The maximum atomic E-state index is 14.5. The SMILES string of the molecule is C=CCC[C@H]1CC[C@H](c2ccc(OC(F)(F)c3ccc(CCC)cc3)cc2)CC1. The molecule has 1 nitrogen and oxygen atoms in total. The van der Waals surface area contributed by atoms with Crippen LogP contribution in [0.3, 0.4) is 0 Å². The van der Waals surface area contributed by atoms with Crippen molar-refractivity contribution in [3.63, 3.8) is 0 Å². The van der Waals surface area contributed by atoms with E-state index >= 15 is 0 Å². The van der Waals surface area contributed by atoms with Crippen molar-refractivity contribution in [2.24, 2.45) is 5.92 Å². The predicted molar refractivity (Wildman–Crippen MR) is 116 cm³/mol. The summed E-state index contributed by atoms with van der Waals surface area (Å²) in [5.41, 5.74) is 2.18. The maximum absolute atomic E-state index is 14.5. The van der Waals surface area contributed by atoms with Crippen molar-refractivity contribution < 1.29 is 13.5 Å². The van der Waals surface area contributed by atoms with Gasteiger partial charge in [0.05, 0.1) is 5.56 Å². The lowest BCUT2D eigenvalue weighted by atomic mass is 9.77. The van der Waals surface area contributed by atoms with E-state index in [1.54, 1.807) is 24.3 Å². The van der Waals surface area contributed by atoms with Gasteiger partial charge in [0.1, 0.15) is 5.75 Å². The zero-order valence-electron chi connectivity index (χ0n) is 17.4. The van der Waals surface area contributed by atoms with Gasteiger partial charge in [0.2, 0.25) is 0 Å². The monoisotopic (exact) mass is 398 g/mol. The van der Waals surface area contributed by atoms with Gasteiger partial charge < -0.3 is 4.74 Å². The van der Waals surface area contributed by atoms with Crippen molar-refractivity contribution in [2.75, 3.05) is 0 Å². The second-order valence-electron chi connectivity index (χ2n) is 8.22. The van der Waals surface area contributed by atoms with E-state index in [1.807, 2.05) is 18.2 Å². The summed E-state index contributed by atoms with van der Waals surface area (Å²) in [5, 5.41) is 0. The van der Waals surface area contributed by atoms with Gasteiger partial charge in [0, 0.05) is 0 Å². The highest BCUT2D eigenvalue weighted by molar-refractivity contribution is 5.31. The normalized spacial score (nSPS) is 19.7. The van der Waals surface area contributed by atoms with Crippen LogP contribution in [0.5, 0.6) is 5.75 Å². The fourth-order valence-corrected chi connectivity index (χ4v) is 4.31. The van der Waals surface area contributed by atoms with Crippen molar-refractivity contribution >= 4 is 0 Å². The molecule has 1 fully saturated rings. The lowest BCUT2D eigenvalue weighted by Crippen LogP contribution is -2.21. The van der Waals surface area contributed by atoms with Crippen LogP contribution in [0.2, 0.25) is 0 Å². The van der Waals surface area contributed by atoms with E-state index in [-0.39, 0.29) is 11.3 Å². The third kappa shape index (κ3) is 5.91. The molecule has 0 aromatic heterocycles. The number of rotatable bonds is 9. The molecule has 3 heteroatoms. The van der Waals surface area contributed by atoms with Crippen LogP contribution in [-0.4, -0.2) is 0 Å². The minimum Gasteiger partial charge on any atom is -0.429 e. The first kappa shape index (κ1) is 21.5. The molecule has 2 aromatic rings. The van der Waals surface area contributed by atoms with E-state index in [9.17, 15) is 8.78 Å². The Labute approximate surface area is 173 Å². The fraction of sp³-hybridized carbons (Fsp3) is 0.462. The summed E-state index contributed by atoms with van der Waals surface area (Å²) in [4.78, 5) is 0. The van der Waals surface area contributed by atoms with E-state index in [0.29, 0.717) is 5.92 Å². The van der Waals surface area contributed by atoms with Gasteiger partial charge in [0.25, 0.3) is 0 Å². The highest BCUT2D eigenvalue weighted by Crippen LogP contribution is 2.38. The number of hydrogen-bond donors (Lipinski definition) is 0. The molecule has 1 aliphatic rings. The van der Waals surface area contributed by atoms with Crippen LogP contribution < -0.4 is 4.74 Å². The Morgan fingerprint density at radius 3 is 2.24 bits per heavy atom. The zero-order valence-corrected chi connectivity index (χ0v) is 17.4. The summed E-state index contributed by atoms with van der Waals surface area (Å²) >= 11 is 0. The van der Waals surface area contributed by atoms with Crippen LogP contribution in [0, 0.1) is 5.92 Å². The summed E-state index contributed by atoms with van der Waals surface area (Å²) in [5.74, 6) is 1.53. The van der Waals surface area contributed by atoms with Crippen molar-refractivity contribution in [3.8, 4) is 5.75 Å². The van der Waals surface area contributed by atoms with Crippen molar-refractivity contribution in [1.29, 1.82) is 0 Å². The molecule has 0 amide bonds. The predicted octanol–water partition coefficient (Wildman–Crippen LogP) is 8.01. The van der Waals surface area contributed by atoms with E-state index in [1.165, 1.54) is 49.8 Å². The maximum Gasteiger partial charge on any atom is 0.426 e. The van der Waals surface area contributed by atoms with E-state index < -0.39 is 6.11 Å². The number of allylic oxidation sites excluding steroid dienone is 1. The molecule has 2 aromatic carbocycles. The third-order valence-electron chi connectivity index (χ3n) is 6.05. The van der Waals surface area contributed by atoms with Gasteiger partial charge in [-0.3, -0.25) is 0 Å². The van der Waals surface area contributed by atoms with Crippen LogP contribution in [0.15, 0.2) is 61.2 Å². The summed E-state index contributed by atoms with van der Waals surface area (Å²) in [7, 11) is 0. The zero-order chi connectivity index (χ0) is 20.7. The summed E-state index contributed by atoms with van der Waals surface area (Å²) in [6.07, 6.45) is 7.69. The minimum absolute atomic E-state index is 0.112. The Morgan fingerprint density at radius 2 is 1.66 bits per heavy atom. The van der Waals surface area contributed by atoms with E-state index in [4.69, 9.17) is 4.74 Å². The Balaban J connectivity index is 1.58. The Morgan fingerprint density at radius 1 is 1.00 bits per heavy atom. The van der Waals surface area contributed by atoms with Gasteiger partial charge in [-0.15, -0.1) is 6.58 Å². The number of aryl methyl sites for hydroxylation is 1. The first-order valence-electron chi connectivity index (χ1n) is 10.9. The first-order chi connectivity index (χ1) is 14.0. The standard InChI is InChI=1S/C26H32F2O/c1-3-5-7-21-8-12-22(13-9-21)23-14-18-25(19-15-23)29-26(27,28)24-16-10-20(6-4-2)11-17-24/h3,10-11,14-19,21-22H,1,4-9,12-13H2,2H3/t21-,22-. The van der Waals surface area contributed by atoms with Crippen LogP contribution in [0.4, 0.5) is 8.78 Å². The Hall–Kier alpha value is -2.16. The van der Waals surface area contributed by atoms with Gasteiger partial charge in [-0.1, -0.05) is 43.7 Å². The van der Waals surface area contributed by atoms with E-state index in [0.717, 1.165) is 30.7 Å². The lowest BCUT2D eigenvalue weighted by Gasteiger charge is -2.28. The summed E-state index contributed by atoms with van der Waals surface area (Å²) < 4.78 is 34.1. The highest BCUT2D eigenvalue weighted by atomic mass is 19.3. The van der Waals surface area contributed by atoms with Crippen molar-refractivity contribution in [1.82, 2.24) is 0 Å². The largest absolute Gasteiger partial charge is 0.429 e. The molecular formula is C26H32F2O. The smallest absolute Gasteiger partial charge is 0.426 e. The molecule has 1 aliphatic carbocycles. The van der Waals surface area contributed by atoms with Crippen LogP contribution >= 0.6 is 0 Å². The first-order valence-corrected chi connectivity index (χ1v) is 10.9. The third-order valence-corrected chi connectivity index (χ3v) is 6.05. The second-order valence-corrected chi connectivity index (χ2v) is 8.22. The van der Waals surface area contributed by atoms with Crippen LogP contribution in [0.1, 0.15) is 74.5 Å². The molecule has 29 heavy (non-hydrogen) atoms. The minimum atomic E-state index is -3.34. The fourth-order valence-electron chi connectivity index (χ4n) is 4.31. The van der Waals surface area contributed by atoms with Gasteiger partial charge in [-0.25, -0.2) is 0 Å². The summed E-state index contributed by atoms with van der Waals surface area (Å²) in [6.45, 7) is 5.88.